The minimum atomic E-state index is -4.25. The highest BCUT2D eigenvalue weighted by Gasteiger charge is 2.25. The SMILES string of the molecule is O=C(O)CNCCNNCC(F)(F)F. The van der Waals surface area contributed by atoms with Crippen molar-refractivity contribution < 1.29 is 23.1 Å². The van der Waals surface area contributed by atoms with Crippen molar-refractivity contribution >= 4 is 5.97 Å². The first-order chi connectivity index (χ1) is 6.42. The van der Waals surface area contributed by atoms with Crippen LogP contribution in [0, 0.1) is 0 Å². The average molecular weight is 215 g/mol. The van der Waals surface area contributed by atoms with Gasteiger partial charge in [-0.3, -0.25) is 10.2 Å². The van der Waals surface area contributed by atoms with Crippen molar-refractivity contribution in [2.24, 2.45) is 0 Å². The molecule has 14 heavy (non-hydrogen) atoms. The van der Waals surface area contributed by atoms with E-state index in [0.29, 0.717) is 0 Å². The third-order valence-corrected chi connectivity index (χ3v) is 1.12. The maximum atomic E-state index is 11.5. The Hall–Kier alpha value is -0.860. The van der Waals surface area contributed by atoms with Crippen LogP contribution < -0.4 is 16.2 Å². The second-order valence-corrected chi connectivity index (χ2v) is 2.47. The summed E-state index contributed by atoms with van der Waals surface area (Å²) in [5.74, 6) is -1.01. The number of carboxylic acid groups (broad SMARTS) is 1. The maximum Gasteiger partial charge on any atom is 0.402 e. The van der Waals surface area contributed by atoms with E-state index >= 15 is 0 Å². The van der Waals surface area contributed by atoms with Crippen LogP contribution in [-0.4, -0.2) is 43.4 Å². The fourth-order valence-corrected chi connectivity index (χ4v) is 0.597. The Labute approximate surface area is 78.6 Å². The van der Waals surface area contributed by atoms with Gasteiger partial charge < -0.3 is 10.4 Å². The first-order valence-corrected chi connectivity index (χ1v) is 3.87. The Balaban J connectivity index is 3.11. The fraction of sp³-hybridized carbons (Fsp3) is 0.833. The molecule has 0 aliphatic rings. The van der Waals surface area contributed by atoms with Gasteiger partial charge in [-0.15, -0.1) is 0 Å². The van der Waals surface area contributed by atoms with Crippen LogP contribution in [0.25, 0.3) is 0 Å². The van der Waals surface area contributed by atoms with E-state index in [1.54, 1.807) is 0 Å². The first-order valence-electron chi connectivity index (χ1n) is 3.87. The molecule has 0 saturated heterocycles. The van der Waals surface area contributed by atoms with Gasteiger partial charge in [0.25, 0.3) is 0 Å². The molecule has 5 nitrogen and oxygen atoms in total. The lowest BCUT2D eigenvalue weighted by Gasteiger charge is -2.09. The van der Waals surface area contributed by atoms with Crippen LogP contribution in [0.3, 0.4) is 0 Å². The normalized spacial score (nSPS) is 11.6. The number of hydrazine groups is 1. The summed E-state index contributed by atoms with van der Waals surface area (Å²) < 4.78 is 34.6. The lowest BCUT2D eigenvalue weighted by atomic mass is 10.6. The standard InChI is InChI=1S/C6H12F3N3O2/c7-6(8,9)4-12-11-2-1-10-3-5(13)14/h10-12H,1-4H2,(H,13,14). The molecule has 0 bridgehead atoms. The lowest BCUT2D eigenvalue weighted by molar-refractivity contribution is -0.135. The number of hydrogen-bond donors (Lipinski definition) is 4. The van der Waals surface area contributed by atoms with Crippen molar-refractivity contribution in [3.8, 4) is 0 Å². The van der Waals surface area contributed by atoms with Gasteiger partial charge >= 0.3 is 12.1 Å². The van der Waals surface area contributed by atoms with Crippen LogP contribution in [0.1, 0.15) is 0 Å². The minimum Gasteiger partial charge on any atom is -0.480 e. The topological polar surface area (TPSA) is 73.4 Å². The van der Waals surface area contributed by atoms with Gasteiger partial charge in [0, 0.05) is 13.1 Å². The Bertz CT molecular complexity index is 174. The van der Waals surface area contributed by atoms with E-state index in [-0.39, 0.29) is 19.6 Å². The molecule has 0 aromatic heterocycles. The smallest absolute Gasteiger partial charge is 0.402 e. The molecule has 0 heterocycles. The van der Waals surface area contributed by atoms with E-state index < -0.39 is 18.7 Å². The predicted molar refractivity (Wildman–Crippen MR) is 42.6 cm³/mol. The summed E-state index contributed by atoms with van der Waals surface area (Å²) in [4.78, 5) is 9.97. The molecule has 0 aromatic carbocycles. The molecule has 4 N–H and O–H groups in total. The summed E-state index contributed by atoms with van der Waals surface area (Å²) in [6.45, 7) is -0.840. The summed E-state index contributed by atoms with van der Waals surface area (Å²) in [6.07, 6.45) is -4.25. The van der Waals surface area contributed by atoms with Crippen molar-refractivity contribution in [3.63, 3.8) is 0 Å². The Morgan fingerprint density at radius 3 is 2.36 bits per heavy atom. The monoisotopic (exact) mass is 215 g/mol. The van der Waals surface area contributed by atoms with Crippen LogP contribution >= 0.6 is 0 Å². The molecule has 0 aliphatic carbocycles. The molecule has 0 saturated carbocycles. The van der Waals surface area contributed by atoms with Gasteiger partial charge in [-0.25, -0.2) is 5.43 Å². The zero-order valence-electron chi connectivity index (χ0n) is 7.32. The first kappa shape index (κ1) is 13.1. The molecule has 0 radical (unpaired) electrons. The Morgan fingerprint density at radius 2 is 1.86 bits per heavy atom. The van der Waals surface area contributed by atoms with Gasteiger partial charge in [-0.2, -0.15) is 13.2 Å². The van der Waals surface area contributed by atoms with Crippen LogP contribution in [0.5, 0.6) is 0 Å². The molecule has 0 unspecified atom stereocenters. The van der Waals surface area contributed by atoms with Gasteiger partial charge in [-0.05, 0) is 0 Å². The van der Waals surface area contributed by atoms with E-state index in [1.807, 2.05) is 5.43 Å². The third-order valence-electron chi connectivity index (χ3n) is 1.12. The van der Waals surface area contributed by atoms with E-state index in [9.17, 15) is 18.0 Å². The molecule has 0 spiro atoms. The van der Waals surface area contributed by atoms with E-state index in [4.69, 9.17) is 5.11 Å². The number of nitrogens with one attached hydrogen (secondary N) is 3. The average Bonchev–Trinajstić information content (AvgIpc) is 2.00. The fourth-order valence-electron chi connectivity index (χ4n) is 0.597. The van der Waals surface area contributed by atoms with E-state index in [1.165, 1.54) is 0 Å². The highest BCUT2D eigenvalue weighted by Crippen LogP contribution is 2.11. The number of aliphatic carboxylic acids is 1. The molecule has 0 atom stereocenters. The molecule has 8 heteroatoms. The largest absolute Gasteiger partial charge is 0.480 e. The number of hydrogen-bond acceptors (Lipinski definition) is 4. The van der Waals surface area contributed by atoms with Gasteiger partial charge in [0.1, 0.15) is 6.54 Å². The van der Waals surface area contributed by atoms with Crippen LogP contribution in [-0.2, 0) is 4.79 Å². The van der Waals surface area contributed by atoms with Crippen molar-refractivity contribution in [3.05, 3.63) is 0 Å². The molecule has 0 aromatic rings. The summed E-state index contributed by atoms with van der Waals surface area (Å²) in [5, 5.41) is 10.7. The van der Waals surface area contributed by atoms with Gasteiger partial charge in [0.15, 0.2) is 0 Å². The second kappa shape index (κ2) is 6.57. The molecule has 0 aliphatic heterocycles. The second-order valence-electron chi connectivity index (χ2n) is 2.47. The van der Waals surface area contributed by atoms with Gasteiger partial charge in [-0.1, -0.05) is 0 Å². The molecule has 0 rings (SSSR count). The van der Waals surface area contributed by atoms with E-state index in [2.05, 4.69) is 10.7 Å². The number of carboxylic acids is 1. The van der Waals surface area contributed by atoms with Crippen molar-refractivity contribution in [1.82, 2.24) is 16.2 Å². The highest BCUT2D eigenvalue weighted by atomic mass is 19.4. The molecule has 84 valence electrons. The summed E-state index contributed by atoms with van der Waals surface area (Å²) >= 11 is 0. The van der Waals surface area contributed by atoms with Crippen LogP contribution in [0.4, 0.5) is 13.2 Å². The third kappa shape index (κ3) is 11.1. The van der Waals surface area contributed by atoms with Crippen LogP contribution in [0.2, 0.25) is 0 Å². The van der Waals surface area contributed by atoms with Crippen molar-refractivity contribution in [2.45, 2.75) is 6.18 Å². The van der Waals surface area contributed by atoms with Crippen molar-refractivity contribution in [1.29, 1.82) is 0 Å². The minimum absolute atomic E-state index is 0.207. The van der Waals surface area contributed by atoms with Crippen molar-refractivity contribution in [2.75, 3.05) is 26.2 Å². The quantitative estimate of drug-likeness (QED) is 0.334. The lowest BCUT2D eigenvalue weighted by Crippen LogP contribution is -2.42. The van der Waals surface area contributed by atoms with Crippen LogP contribution in [0.15, 0.2) is 0 Å². The highest BCUT2D eigenvalue weighted by molar-refractivity contribution is 5.68. The predicted octanol–water partition coefficient (Wildman–Crippen LogP) is -0.683. The number of rotatable bonds is 7. The van der Waals surface area contributed by atoms with Gasteiger partial charge in [0.05, 0.1) is 6.54 Å². The molecular formula is C6H12F3N3O2. The maximum absolute atomic E-state index is 11.5. The number of halogens is 3. The number of carbonyl (C=O) groups is 1. The summed E-state index contributed by atoms with van der Waals surface area (Å²) in [6, 6.07) is 0. The van der Waals surface area contributed by atoms with E-state index in [0.717, 1.165) is 0 Å². The van der Waals surface area contributed by atoms with Gasteiger partial charge in [0.2, 0.25) is 0 Å². The Kier molecular flexibility index (Phi) is 6.17. The summed E-state index contributed by atoms with van der Waals surface area (Å²) in [7, 11) is 0. The molecule has 0 fully saturated rings. The molecular weight excluding hydrogens is 203 g/mol. The summed E-state index contributed by atoms with van der Waals surface area (Å²) in [5.41, 5.74) is 4.24. The zero-order valence-corrected chi connectivity index (χ0v) is 7.32. The Morgan fingerprint density at radius 1 is 1.21 bits per heavy atom. The zero-order chi connectivity index (χ0) is 11.0. The molecule has 0 amide bonds. The number of alkyl halides is 3.